The summed E-state index contributed by atoms with van der Waals surface area (Å²) in [5.41, 5.74) is 4.68. The second kappa shape index (κ2) is 7.41. The third kappa shape index (κ3) is 3.94. The smallest absolute Gasteiger partial charge is 0.257 e. The molecule has 0 spiro atoms. The minimum absolute atomic E-state index is 0.0348. The maximum absolute atomic E-state index is 12.7. The Balaban J connectivity index is 2.09. The molecule has 1 aromatic rings. The Labute approximate surface area is 126 Å². The third-order valence-corrected chi connectivity index (χ3v) is 4.26. The number of hydrazine groups is 1. The van der Waals surface area contributed by atoms with Crippen LogP contribution in [-0.4, -0.2) is 28.9 Å². The van der Waals surface area contributed by atoms with Gasteiger partial charge in [0.1, 0.15) is 0 Å². The summed E-state index contributed by atoms with van der Waals surface area (Å²) in [6.07, 6.45) is 7.53. The van der Waals surface area contributed by atoms with Gasteiger partial charge in [0.05, 0.1) is 11.3 Å². The van der Waals surface area contributed by atoms with Crippen molar-refractivity contribution < 1.29 is 4.79 Å². The van der Waals surface area contributed by atoms with Crippen molar-refractivity contribution in [2.24, 2.45) is 11.8 Å². The number of nitrogens with zero attached hydrogens (tertiary/aromatic N) is 2. The second-order valence-electron chi connectivity index (χ2n) is 5.89. The predicted molar refractivity (Wildman–Crippen MR) is 84.9 cm³/mol. The first kappa shape index (κ1) is 15.8. The number of carbonyl (C=O) groups excluding carboxylic acids is 1. The van der Waals surface area contributed by atoms with E-state index in [0.29, 0.717) is 11.3 Å². The van der Waals surface area contributed by atoms with Gasteiger partial charge < -0.3 is 10.3 Å². The quantitative estimate of drug-likeness (QED) is 0.660. The van der Waals surface area contributed by atoms with Gasteiger partial charge in [-0.1, -0.05) is 19.8 Å². The van der Waals surface area contributed by atoms with Crippen LogP contribution >= 0.6 is 0 Å². The summed E-state index contributed by atoms with van der Waals surface area (Å²) in [5.74, 6) is 6.33. The standard InChI is InChI=1S/C16H26N4O/c1-3-5-13-6-4-8-20(9-7-13)16(21)14-11-18-12(2)10-15(14)19-17/h10-11,13H,3-9,17H2,1-2H3,(H,18,19). The Morgan fingerprint density at radius 3 is 3.00 bits per heavy atom. The fourth-order valence-electron chi connectivity index (χ4n) is 3.09. The molecule has 5 nitrogen and oxygen atoms in total. The Kier molecular flexibility index (Phi) is 5.56. The zero-order chi connectivity index (χ0) is 15.2. The molecule has 1 aliphatic rings. The van der Waals surface area contributed by atoms with Crippen LogP contribution in [0.4, 0.5) is 5.69 Å². The van der Waals surface area contributed by atoms with Crippen LogP contribution in [0.5, 0.6) is 0 Å². The Hall–Kier alpha value is -1.62. The van der Waals surface area contributed by atoms with Crippen molar-refractivity contribution in [2.75, 3.05) is 18.5 Å². The molecule has 1 unspecified atom stereocenters. The number of anilines is 1. The minimum Gasteiger partial charge on any atom is -0.339 e. The van der Waals surface area contributed by atoms with E-state index in [1.807, 2.05) is 17.9 Å². The van der Waals surface area contributed by atoms with E-state index in [2.05, 4.69) is 17.3 Å². The summed E-state index contributed by atoms with van der Waals surface area (Å²) >= 11 is 0. The Bertz CT molecular complexity index is 489. The van der Waals surface area contributed by atoms with E-state index < -0.39 is 0 Å². The van der Waals surface area contributed by atoms with Gasteiger partial charge >= 0.3 is 0 Å². The van der Waals surface area contributed by atoms with E-state index >= 15 is 0 Å². The number of hydrogen-bond acceptors (Lipinski definition) is 4. The number of pyridine rings is 1. The van der Waals surface area contributed by atoms with Gasteiger partial charge in [0.25, 0.3) is 5.91 Å². The predicted octanol–water partition coefficient (Wildman–Crippen LogP) is 2.72. The average molecular weight is 290 g/mol. The molecule has 0 radical (unpaired) electrons. The highest BCUT2D eigenvalue weighted by Crippen LogP contribution is 2.24. The van der Waals surface area contributed by atoms with Gasteiger partial charge in [0, 0.05) is 25.0 Å². The van der Waals surface area contributed by atoms with Gasteiger partial charge in [-0.3, -0.25) is 15.6 Å². The van der Waals surface area contributed by atoms with Crippen molar-refractivity contribution in [2.45, 2.75) is 46.0 Å². The van der Waals surface area contributed by atoms with Crippen LogP contribution in [0.15, 0.2) is 12.3 Å². The van der Waals surface area contributed by atoms with Crippen LogP contribution in [0.1, 0.15) is 55.1 Å². The third-order valence-electron chi connectivity index (χ3n) is 4.26. The van der Waals surface area contributed by atoms with Crippen molar-refractivity contribution in [1.29, 1.82) is 0 Å². The number of amides is 1. The number of aromatic nitrogens is 1. The topological polar surface area (TPSA) is 71.2 Å². The molecule has 21 heavy (non-hydrogen) atoms. The average Bonchev–Trinajstić information content (AvgIpc) is 2.72. The molecule has 2 rings (SSSR count). The molecule has 0 saturated carbocycles. The number of nitrogens with one attached hydrogen (secondary N) is 1. The second-order valence-corrected chi connectivity index (χ2v) is 5.89. The van der Waals surface area contributed by atoms with Gasteiger partial charge in [0.2, 0.25) is 0 Å². The monoisotopic (exact) mass is 290 g/mol. The van der Waals surface area contributed by atoms with Crippen LogP contribution in [0.25, 0.3) is 0 Å². The Morgan fingerprint density at radius 1 is 1.48 bits per heavy atom. The first-order valence-electron chi connectivity index (χ1n) is 7.88. The number of hydrogen-bond donors (Lipinski definition) is 2. The van der Waals surface area contributed by atoms with Gasteiger partial charge in [-0.15, -0.1) is 0 Å². The number of likely N-dealkylation sites (tertiary alicyclic amines) is 1. The number of nitrogen functional groups attached to an aromatic ring is 1. The van der Waals surface area contributed by atoms with Crippen LogP contribution in [0, 0.1) is 12.8 Å². The molecule has 1 fully saturated rings. The lowest BCUT2D eigenvalue weighted by Crippen LogP contribution is -2.33. The molecular weight excluding hydrogens is 264 g/mol. The largest absolute Gasteiger partial charge is 0.339 e. The molecule has 1 atom stereocenters. The summed E-state index contributed by atoms with van der Waals surface area (Å²) in [4.78, 5) is 18.9. The molecule has 0 aromatic carbocycles. The van der Waals surface area contributed by atoms with Crippen molar-refractivity contribution in [3.63, 3.8) is 0 Å². The fraction of sp³-hybridized carbons (Fsp3) is 0.625. The minimum atomic E-state index is 0.0348. The molecule has 5 heteroatoms. The molecule has 0 aliphatic carbocycles. The lowest BCUT2D eigenvalue weighted by atomic mass is 9.96. The highest BCUT2D eigenvalue weighted by molar-refractivity contribution is 5.99. The van der Waals surface area contributed by atoms with Crippen molar-refractivity contribution >= 4 is 11.6 Å². The molecule has 1 amide bonds. The SMILES string of the molecule is CCCC1CCCN(C(=O)c2cnc(C)cc2NN)CC1. The molecule has 0 bridgehead atoms. The highest BCUT2D eigenvalue weighted by atomic mass is 16.2. The van der Waals surface area contributed by atoms with Gasteiger partial charge in [-0.25, -0.2) is 0 Å². The van der Waals surface area contributed by atoms with E-state index in [1.54, 1.807) is 6.20 Å². The van der Waals surface area contributed by atoms with E-state index in [-0.39, 0.29) is 5.91 Å². The molecular formula is C16H26N4O. The maximum Gasteiger partial charge on any atom is 0.257 e. The molecule has 2 heterocycles. The summed E-state index contributed by atoms with van der Waals surface area (Å²) in [7, 11) is 0. The van der Waals surface area contributed by atoms with E-state index in [1.165, 1.54) is 19.3 Å². The summed E-state index contributed by atoms with van der Waals surface area (Å²) in [5, 5.41) is 0. The van der Waals surface area contributed by atoms with Crippen LogP contribution in [-0.2, 0) is 0 Å². The van der Waals surface area contributed by atoms with E-state index in [0.717, 1.165) is 37.5 Å². The summed E-state index contributed by atoms with van der Waals surface area (Å²) < 4.78 is 0. The normalized spacial score (nSPS) is 19.2. The van der Waals surface area contributed by atoms with Crippen LogP contribution in [0.3, 0.4) is 0 Å². The van der Waals surface area contributed by atoms with Crippen molar-refractivity contribution in [3.8, 4) is 0 Å². The van der Waals surface area contributed by atoms with Crippen molar-refractivity contribution in [1.82, 2.24) is 9.88 Å². The van der Waals surface area contributed by atoms with Gasteiger partial charge in [-0.05, 0) is 38.2 Å². The van der Waals surface area contributed by atoms with Crippen LogP contribution in [0.2, 0.25) is 0 Å². The highest BCUT2D eigenvalue weighted by Gasteiger charge is 2.23. The lowest BCUT2D eigenvalue weighted by molar-refractivity contribution is 0.0760. The molecule has 3 N–H and O–H groups in total. The van der Waals surface area contributed by atoms with Crippen LogP contribution < -0.4 is 11.3 Å². The first-order chi connectivity index (χ1) is 10.2. The van der Waals surface area contributed by atoms with Gasteiger partial charge in [-0.2, -0.15) is 0 Å². The van der Waals surface area contributed by atoms with E-state index in [9.17, 15) is 4.79 Å². The number of carbonyl (C=O) groups is 1. The van der Waals surface area contributed by atoms with Crippen molar-refractivity contribution in [3.05, 3.63) is 23.5 Å². The lowest BCUT2D eigenvalue weighted by Gasteiger charge is -2.22. The van der Waals surface area contributed by atoms with Gasteiger partial charge in [0.15, 0.2) is 0 Å². The summed E-state index contributed by atoms with van der Waals surface area (Å²) in [6, 6.07) is 1.81. The number of aryl methyl sites for hydroxylation is 1. The Morgan fingerprint density at radius 2 is 2.29 bits per heavy atom. The first-order valence-corrected chi connectivity index (χ1v) is 7.88. The molecule has 116 valence electrons. The zero-order valence-corrected chi connectivity index (χ0v) is 13.1. The summed E-state index contributed by atoms with van der Waals surface area (Å²) in [6.45, 7) is 5.78. The molecule has 1 aliphatic heterocycles. The molecule has 1 saturated heterocycles. The molecule has 1 aromatic heterocycles. The van der Waals surface area contributed by atoms with E-state index in [4.69, 9.17) is 5.84 Å². The zero-order valence-electron chi connectivity index (χ0n) is 13.1. The number of nitrogens with two attached hydrogens (primary N) is 1. The fourth-order valence-corrected chi connectivity index (χ4v) is 3.09. The maximum atomic E-state index is 12.7. The number of rotatable bonds is 4.